The summed E-state index contributed by atoms with van der Waals surface area (Å²) in [5.74, 6) is -1.90. The molecular weight excluding hydrogens is 396 g/mol. The van der Waals surface area contributed by atoms with Crippen molar-refractivity contribution >= 4 is 27.6 Å². The van der Waals surface area contributed by atoms with Crippen LogP contribution in [0, 0.1) is 11.8 Å². The fourth-order valence-electron chi connectivity index (χ4n) is 2.88. The Hall–Kier alpha value is -2.33. The second kappa shape index (κ2) is 9.00. The molecule has 0 saturated carbocycles. The topological polar surface area (TPSA) is 140 Å². The molecule has 1 aliphatic rings. The van der Waals surface area contributed by atoms with Crippen LogP contribution in [0.1, 0.15) is 40.0 Å². The number of amides is 2. The zero-order valence-electron chi connectivity index (χ0n) is 16.8. The molecule has 159 valence electrons. The summed E-state index contributed by atoms with van der Waals surface area (Å²) in [6.07, 6.45) is 3.04. The number of sulfonamides is 1. The first-order chi connectivity index (χ1) is 13.5. The van der Waals surface area contributed by atoms with E-state index in [2.05, 4.69) is 10.3 Å². The van der Waals surface area contributed by atoms with Crippen molar-refractivity contribution in [3.8, 4) is 0 Å². The predicted octanol–water partition coefficient (Wildman–Crippen LogP) is 0.414. The second-order valence-electron chi connectivity index (χ2n) is 7.80. The molecular formula is C19H27N4O5S. The van der Waals surface area contributed by atoms with Gasteiger partial charge >= 0.3 is 0 Å². The average molecular weight is 424 g/mol. The highest BCUT2D eigenvalue weighted by molar-refractivity contribution is 7.89. The molecule has 1 fully saturated rings. The molecule has 1 aromatic rings. The molecule has 10 heteroatoms. The van der Waals surface area contributed by atoms with Gasteiger partial charge in [0, 0.05) is 17.7 Å². The van der Waals surface area contributed by atoms with Gasteiger partial charge in [0.25, 0.3) is 10.0 Å². The van der Waals surface area contributed by atoms with Gasteiger partial charge in [-0.25, -0.2) is 9.29 Å². The molecule has 1 aromatic heterocycles. The molecule has 0 unspecified atom stereocenters. The van der Waals surface area contributed by atoms with Crippen molar-refractivity contribution in [2.24, 2.45) is 11.1 Å². The summed E-state index contributed by atoms with van der Waals surface area (Å²) in [5, 5.41) is 2.69. The summed E-state index contributed by atoms with van der Waals surface area (Å²) >= 11 is 0. The van der Waals surface area contributed by atoms with Crippen LogP contribution in [0.4, 0.5) is 0 Å². The third kappa shape index (κ3) is 5.39. The number of nitrogens with zero attached hydrogens (tertiary/aromatic N) is 2. The van der Waals surface area contributed by atoms with Crippen molar-refractivity contribution in [1.82, 2.24) is 14.6 Å². The van der Waals surface area contributed by atoms with E-state index in [0.717, 1.165) is 6.42 Å². The molecule has 1 radical (unpaired) electrons. The van der Waals surface area contributed by atoms with Crippen molar-refractivity contribution in [3.63, 3.8) is 0 Å². The molecule has 9 nitrogen and oxygen atoms in total. The van der Waals surface area contributed by atoms with E-state index < -0.39 is 39.1 Å². The van der Waals surface area contributed by atoms with Crippen molar-refractivity contribution in [1.29, 1.82) is 0 Å². The van der Waals surface area contributed by atoms with E-state index in [1.807, 2.05) is 6.92 Å². The molecule has 0 bridgehead atoms. The lowest BCUT2D eigenvalue weighted by Gasteiger charge is -2.30. The molecule has 29 heavy (non-hydrogen) atoms. The Morgan fingerprint density at radius 2 is 2.03 bits per heavy atom. The molecule has 1 saturated heterocycles. The molecule has 2 amide bonds. The number of pyridine rings is 1. The van der Waals surface area contributed by atoms with E-state index in [9.17, 15) is 22.8 Å². The molecule has 2 rings (SSSR count). The summed E-state index contributed by atoms with van der Waals surface area (Å²) in [6, 6.07) is 3.16. The highest BCUT2D eigenvalue weighted by atomic mass is 32.2. The van der Waals surface area contributed by atoms with Gasteiger partial charge in [-0.3, -0.25) is 14.4 Å². The van der Waals surface area contributed by atoms with Gasteiger partial charge in [0.05, 0.1) is 13.0 Å². The number of nitrogens with two attached hydrogens (primary N) is 1. The Morgan fingerprint density at radius 1 is 1.34 bits per heavy atom. The van der Waals surface area contributed by atoms with Crippen molar-refractivity contribution in [2.45, 2.75) is 57.1 Å². The number of carbonyl (C=O) groups is 3. The zero-order valence-corrected chi connectivity index (χ0v) is 17.6. The summed E-state index contributed by atoms with van der Waals surface area (Å²) in [7, 11) is -4.38. The van der Waals surface area contributed by atoms with Crippen molar-refractivity contribution in [3.05, 3.63) is 30.8 Å². The van der Waals surface area contributed by atoms with Crippen LogP contribution >= 0.6 is 0 Å². The van der Waals surface area contributed by atoms with Crippen LogP contribution in [0.5, 0.6) is 0 Å². The number of hydrogen-bond acceptors (Lipinski definition) is 7. The first-order valence-corrected chi connectivity index (χ1v) is 10.8. The van der Waals surface area contributed by atoms with E-state index in [1.54, 1.807) is 19.9 Å². The number of ketones is 1. The quantitative estimate of drug-likeness (QED) is 0.647. The van der Waals surface area contributed by atoms with E-state index in [0.29, 0.717) is 10.7 Å². The smallest absolute Gasteiger partial charge is 0.284 e. The fraction of sp³-hybridized carbons (Fsp3) is 0.526. The summed E-state index contributed by atoms with van der Waals surface area (Å²) in [6.45, 7) is 4.95. The first-order valence-electron chi connectivity index (χ1n) is 9.35. The third-order valence-corrected chi connectivity index (χ3v) is 6.71. The Bertz CT molecular complexity index is 870. The maximum Gasteiger partial charge on any atom is 0.284 e. The Labute approximate surface area is 171 Å². The van der Waals surface area contributed by atoms with E-state index in [4.69, 9.17) is 5.73 Å². The molecule has 2 atom stereocenters. The normalized spacial score (nSPS) is 20.7. The largest absolute Gasteiger partial charge is 0.369 e. The van der Waals surface area contributed by atoms with Gasteiger partial charge in [-0.05, 0) is 38.3 Å². The van der Waals surface area contributed by atoms with E-state index in [-0.39, 0.29) is 30.5 Å². The van der Waals surface area contributed by atoms with Crippen LogP contribution in [0.3, 0.4) is 0 Å². The zero-order chi connectivity index (χ0) is 21.8. The lowest BCUT2D eigenvalue weighted by molar-refractivity contribution is -0.132. The van der Waals surface area contributed by atoms with Crippen LogP contribution in [0.15, 0.2) is 29.4 Å². The minimum atomic E-state index is -4.38. The van der Waals surface area contributed by atoms with Crippen molar-refractivity contribution < 1.29 is 22.8 Å². The molecule has 0 aliphatic carbocycles. The Balaban J connectivity index is 2.41. The summed E-state index contributed by atoms with van der Waals surface area (Å²) in [4.78, 5) is 41.1. The van der Waals surface area contributed by atoms with Crippen molar-refractivity contribution in [2.75, 3.05) is 6.54 Å². The van der Waals surface area contributed by atoms with Crippen LogP contribution in [-0.2, 0) is 24.4 Å². The molecule has 3 N–H and O–H groups in total. The van der Waals surface area contributed by atoms with Gasteiger partial charge < -0.3 is 11.1 Å². The van der Waals surface area contributed by atoms with Crippen LogP contribution in [0.25, 0.3) is 0 Å². The number of rotatable bonds is 7. The molecule has 1 aliphatic heterocycles. The minimum absolute atomic E-state index is 0.0104. The molecule has 0 aromatic carbocycles. The lowest BCUT2D eigenvalue weighted by Crippen LogP contribution is -2.50. The second-order valence-corrected chi connectivity index (χ2v) is 9.57. The van der Waals surface area contributed by atoms with Crippen LogP contribution < -0.4 is 11.1 Å². The molecule has 2 heterocycles. The number of carbonyl (C=O) groups excluding carboxylic acids is 3. The monoisotopic (exact) mass is 423 g/mol. The highest BCUT2D eigenvalue weighted by Crippen LogP contribution is 2.26. The average Bonchev–Trinajstić information content (AvgIpc) is 2.83. The standard InChI is InChI=1S/C19H27N4O5S/c1-13-7-8-14(15(24)12-22-13)23(17(25)9-10-19(2,3)18(20)26)29(27,28)16-6-4-5-11-21-16/h4-6,9,11,13-14,22H,7-8,10,12H2,1-3H3,(H2,20,26)/t13-,14+/m1/s1. The highest BCUT2D eigenvalue weighted by Gasteiger charge is 2.41. The number of Topliss-reactive ketones (excluding diaryl/α,β-unsaturated/α-hetero) is 1. The Morgan fingerprint density at radius 3 is 2.62 bits per heavy atom. The number of nitrogens with one attached hydrogen (secondary N) is 1. The maximum absolute atomic E-state index is 13.2. The third-order valence-electron chi connectivity index (χ3n) is 4.98. The number of primary amides is 1. The minimum Gasteiger partial charge on any atom is -0.369 e. The van der Waals surface area contributed by atoms with Gasteiger partial charge in [-0.1, -0.05) is 19.9 Å². The van der Waals surface area contributed by atoms with Gasteiger partial charge in [0.2, 0.25) is 11.8 Å². The van der Waals surface area contributed by atoms with E-state index in [1.165, 1.54) is 18.3 Å². The number of hydrogen-bond donors (Lipinski definition) is 2. The summed E-state index contributed by atoms with van der Waals surface area (Å²) < 4.78 is 27.1. The van der Waals surface area contributed by atoms with E-state index >= 15 is 0 Å². The first kappa shape index (κ1) is 23.0. The van der Waals surface area contributed by atoms with Gasteiger partial charge in [0.1, 0.15) is 6.04 Å². The molecule has 0 spiro atoms. The lowest BCUT2D eigenvalue weighted by atomic mass is 9.87. The van der Waals surface area contributed by atoms with Gasteiger partial charge in [0.15, 0.2) is 10.8 Å². The fourth-order valence-corrected chi connectivity index (χ4v) is 4.40. The van der Waals surface area contributed by atoms with Crippen LogP contribution in [-0.4, -0.2) is 53.9 Å². The number of aromatic nitrogens is 1. The Kier molecular flexibility index (Phi) is 7.12. The maximum atomic E-state index is 13.2. The summed E-state index contributed by atoms with van der Waals surface area (Å²) in [5.41, 5.74) is 4.29. The predicted molar refractivity (Wildman–Crippen MR) is 106 cm³/mol. The van der Waals surface area contributed by atoms with Gasteiger partial charge in [-0.2, -0.15) is 8.42 Å². The van der Waals surface area contributed by atoms with Gasteiger partial charge in [-0.15, -0.1) is 0 Å². The van der Waals surface area contributed by atoms with Crippen LogP contribution in [0.2, 0.25) is 0 Å². The SMILES string of the molecule is C[C@@H]1CC[C@H](N(C(=O)[CH]CC(C)(C)C(N)=O)S(=O)(=O)c2ccccn2)C(=O)CN1.